The van der Waals surface area contributed by atoms with Crippen molar-refractivity contribution < 1.29 is 27.2 Å². The van der Waals surface area contributed by atoms with Crippen molar-refractivity contribution in [3.05, 3.63) is 88.4 Å². The molecular formula is C24H22FN3O5S2. The molecule has 3 aromatic rings. The molecule has 0 spiro atoms. The smallest absolute Gasteiger partial charge is 0.262 e. The van der Waals surface area contributed by atoms with E-state index in [-0.39, 0.29) is 41.5 Å². The highest BCUT2D eigenvalue weighted by Gasteiger charge is 2.39. The summed E-state index contributed by atoms with van der Waals surface area (Å²) in [6.45, 7) is 0.259. The number of nitrogens with zero attached hydrogens (tertiary/aromatic N) is 2. The van der Waals surface area contributed by atoms with Crippen LogP contribution >= 0.6 is 11.3 Å². The zero-order chi connectivity index (χ0) is 25.0. The van der Waals surface area contributed by atoms with Crippen LogP contribution in [-0.4, -0.2) is 67.5 Å². The van der Waals surface area contributed by atoms with Crippen molar-refractivity contribution >= 4 is 38.9 Å². The second-order valence-electron chi connectivity index (χ2n) is 7.79. The molecule has 35 heavy (non-hydrogen) atoms. The van der Waals surface area contributed by atoms with Crippen molar-refractivity contribution in [1.82, 2.24) is 15.1 Å². The van der Waals surface area contributed by atoms with E-state index in [1.165, 1.54) is 58.3 Å². The van der Waals surface area contributed by atoms with Crippen molar-refractivity contribution in [2.24, 2.45) is 0 Å². The molecule has 1 aliphatic heterocycles. The summed E-state index contributed by atoms with van der Waals surface area (Å²) < 4.78 is 40.7. The minimum Gasteiger partial charge on any atom is -0.336 e. The lowest BCUT2D eigenvalue weighted by atomic mass is 10.1. The molecule has 1 atom stereocenters. The second-order valence-corrected chi connectivity index (χ2v) is 10.8. The van der Waals surface area contributed by atoms with Crippen LogP contribution in [0, 0.1) is 5.82 Å². The van der Waals surface area contributed by atoms with E-state index < -0.39 is 38.7 Å². The van der Waals surface area contributed by atoms with Crippen molar-refractivity contribution in [2.75, 3.05) is 26.2 Å². The van der Waals surface area contributed by atoms with Gasteiger partial charge in [-0.2, -0.15) is 0 Å². The summed E-state index contributed by atoms with van der Waals surface area (Å²) in [5, 5.41) is 2.22. The third kappa shape index (κ3) is 5.25. The fourth-order valence-electron chi connectivity index (χ4n) is 3.72. The van der Waals surface area contributed by atoms with Gasteiger partial charge in [-0.05, 0) is 35.7 Å². The minimum absolute atomic E-state index is 0.0364. The van der Waals surface area contributed by atoms with Crippen LogP contribution in [0.3, 0.4) is 0 Å². The lowest BCUT2D eigenvalue weighted by Gasteiger charge is -2.36. The zero-order valence-electron chi connectivity index (χ0n) is 18.5. The molecule has 0 radical (unpaired) electrons. The Hall–Kier alpha value is -3.57. The van der Waals surface area contributed by atoms with Gasteiger partial charge in [0.1, 0.15) is 5.82 Å². The largest absolute Gasteiger partial charge is 0.336 e. The molecule has 0 saturated carbocycles. The zero-order valence-corrected chi connectivity index (χ0v) is 20.1. The van der Waals surface area contributed by atoms with Crippen molar-refractivity contribution in [3.63, 3.8) is 0 Å². The fraction of sp³-hybridized carbons (Fsp3) is 0.208. The number of halogens is 1. The molecule has 11 heteroatoms. The first-order valence-corrected chi connectivity index (χ1v) is 13.2. The van der Waals surface area contributed by atoms with Gasteiger partial charge in [0, 0.05) is 26.2 Å². The van der Waals surface area contributed by atoms with Crippen LogP contribution in [-0.2, 0) is 14.6 Å². The van der Waals surface area contributed by atoms with E-state index in [2.05, 4.69) is 5.32 Å². The van der Waals surface area contributed by atoms with Crippen LogP contribution in [0.1, 0.15) is 20.0 Å². The Labute approximate surface area is 205 Å². The van der Waals surface area contributed by atoms with Crippen molar-refractivity contribution in [2.45, 2.75) is 10.3 Å². The van der Waals surface area contributed by atoms with Crippen molar-refractivity contribution in [3.8, 4) is 0 Å². The topological polar surface area (TPSA) is 104 Å². The van der Waals surface area contributed by atoms with E-state index in [1.54, 1.807) is 23.6 Å². The summed E-state index contributed by atoms with van der Waals surface area (Å²) in [4.78, 5) is 41.6. The number of rotatable bonds is 6. The molecular weight excluding hydrogens is 493 g/mol. The quantitative estimate of drug-likeness (QED) is 0.543. The second kappa shape index (κ2) is 10.4. The average Bonchev–Trinajstić information content (AvgIpc) is 3.42. The number of thiophene rings is 1. The number of sulfone groups is 1. The molecule has 1 aromatic heterocycles. The Balaban J connectivity index is 1.53. The van der Waals surface area contributed by atoms with E-state index in [1.807, 2.05) is 0 Å². The third-order valence-corrected chi connectivity index (χ3v) is 8.33. The molecule has 1 saturated heterocycles. The molecule has 2 aromatic carbocycles. The first kappa shape index (κ1) is 24.6. The molecule has 0 aliphatic carbocycles. The van der Waals surface area contributed by atoms with Gasteiger partial charge in [-0.15, -0.1) is 11.3 Å². The first-order chi connectivity index (χ1) is 16.8. The number of benzene rings is 2. The Morgan fingerprint density at radius 1 is 0.857 bits per heavy atom. The van der Waals surface area contributed by atoms with Gasteiger partial charge in [-0.1, -0.05) is 36.4 Å². The average molecular weight is 516 g/mol. The van der Waals surface area contributed by atoms with Crippen LogP contribution in [0.5, 0.6) is 0 Å². The highest BCUT2D eigenvalue weighted by Crippen LogP contribution is 2.19. The maximum atomic E-state index is 14.0. The third-order valence-electron chi connectivity index (χ3n) is 5.60. The Kier molecular flexibility index (Phi) is 7.27. The summed E-state index contributed by atoms with van der Waals surface area (Å²) in [5.74, 6) is -2.61. The van der Waals surface area contributed by atoms with Crippen molar-refractivity contribution in [1.29, 1.82) is 0 Å². The summed E-state index contributed by atoms with van der Waals surface area (Å²) in [6, 6.07) is 16.2. The van der Waals surface area contributed by atoms with Crippen LogP contribution in [0.2, 0.25) is 0 Å². The number of amides is 3. The fourth-order valence-corrected chi connectivity index (χ4v) is 5.83. The SMILES string of the molecule is O=C(N[C@@H](C(=O)N1CCN(C(=O)c2ccccc2F)CC1)S(=O)(=O)c1ccccc1)c1cccs1. The summed E-state index contributed by atoms with van der Waals surface area (Å²) in [6.07, 6.45) is 0. The predicted molar refractivity (Wildman–Crippen MR) is 128 cm³/mol. The number of piperazine rings is 1. The summed E-state index contributed by atoms with van der Waals surface area (Å²) in [5.41, 5.74) is -0.0694. The molecule has 3 amide bonds. The maximum Gasteiger partial charge on any atom is 0.262 e. The predicted octanol–water partition coefficient (Wildman–Crippen LogP) is 2.40. The van der Waals surface area contributed by atoms with Gasteiger partial charge < -0.3 is 15.1 Å². The number of hydrogen-bond acceptors (Lipinski definition) is 6. The van der Waals surface area contributed by atoms with Crippen LogP contribution < -0.4 is 5.32 Å². The van der Waals surface area contributed by atoms with Gasteiger partial charge in [0.2, 0.25) is 15.2 Å². The van der Waals surface area contributed by atoms with Gasteiger partial charge >= 0.3 is 0 Å². The maximum absolute atomic E-state index is 14.0. The number of carbonyl (C=O) groups is 3. The lowest BCUT2D eigenvalue weighted by molar-refractivity contribution is -0.132. The highest BCUT2D eigenvalue weighted by molar-refractivity contribution is 7.92. The molecule has 4 rings (SSSR count). The summed E-state index contributed by atoms with van der Waals surface area (Å²) in [7, 11) is -4.26. The molecule has 0 unspecified atom stereocenters. The molecule has 8 nitrogen and oxygen atoms in total. The first-order valence-electron chi connectivity index (χ1n) is 10.7. The molecule has 1 aliphatic rings. The molecule has 2 heterocycles. The Bertz CT molecular complexity index is 1320. The summed E-state index contributed by atoms with van der Waals surface area (Å²) >= 11 is 1.12. The minimum atomic E-state index is -4.26. The van der Waals surface area contributed by atoms with Gasteiger partial charge in [-0.3, -0.25) is 14.4 Å². The van der Waals surface area contributed by atoms with Gasteiger partial charge in [0.05, 0.1) is 15.3 Å². The molecule has 1 N–H and O–H groups in total. The van der Waals surface area contributed by atoms with Gasteiger partial charge in [0.25, 0.3) is 17.7 Å². The highest BCUT2D eigenvalue weighted by atomic mass is 32.2. The number of nitrogens with one attached hydrogen (secondary N) is 1. The van der Waals surface area contributed by atoms with E-state index in [0.29, 0.717) is 0 Å². The Morgan fingerprint density at radius 2 is 1.49 bits per heavy atom. The van der Waals surface area contributed by atoms with E-state index in [4.69, 9.17) is 0 Å². The van der Waals surface area contributed by atoms with Gasteiger partial charge in [-0.25, -0.2) is 12.8 Å². The van der Waals surface area contributed by atoms with E-state index in [9.17, 15) is 27.2 Å². The standard InChI is InChI=1S/C24H22FN3O5S2/c25-19-10-5-4-9-18(19)23(30)27-12-14-28(15-13-27)24(31)22(26-21(29)20-11-6-16-34-20)35(32,33)17-7-2-1-3-8-17/h1-11,16,22H,12-15H2,(H,26,29)/t22-/m1/s1. The number of hydrogen-bond donors (Lipinski definition) is 1. The van der Waals surface area contributed by atoms with Gasteiger partial charge in [0.15, 0.2) is 0 Å². The normalized spacial score (nSPS) is 14.9. The van der Waals surface area contributed by atoms with E-state index >= 15 is 0 Å². The molecule has 182 valence electrons. The Morgan fingerprint density at radius 3 is 2.11 bits per heavy atom. The lowest BCUT2D eigenvalue weighted by Crippen LogP contribution is -2.57. The van der Waals surface area contributed by atoms with Crippen LogP contribution in [0.15, 0.2) is 77.0 Å². The van der Waals surface area contributed by atoms with E-state index in [0.717, 1.165) is 11.3 Å². The van der Waals surface area contributed by atoms with Crippen LogP contribution in [0.25, 0.3) is 0 Å². The molecule has 1 fully saturated rings. The monoisotopic (exact) mass is 515 g/mol. The number of carbonyl (C=O) groups excluding carboxylic acids is 3. The van der Waals surface area contributed by atoms with Crippen LogP contribution in [0.4, 0.5) is 4.39 Å². The molecule has 0 bridgehead atoms.